The number of halogens is 3. The van der Waals surface area contributed by atoms with E-state index in [1.807, 2.05) is 0 Å². The largest absolute Gasteiger partial charge is 0.423 e. The Morgan fingerprint density at radius 3 is 2.65 bits per heavy atom. The fourth-order valence-corrected chi connectivity index (χ4v) is 3.68. The molecule has 0 spiro atoms. The molecule has 0 radical (unpaired) electrons. The molecule has 148 valence electrons. The molecule has 26 heavy (non-hydrogen) atoms. The van der Waals surface area contributed by atoms with Crippen LogP contribution in [0.2, 0.25) is 25.7 Å². The highest BCUT2D eigenvalue weighted by atomic mass is 28.3. The molecule has 1 saturated heterocycles. The summed E-state index contributed by atoms with van der Waals surface area (Å²) < 4.78 is 46.7. The van der Waals surface area contributed by atoms with Crippen LogP contribution in [0, 0.1) is 0 Å². The second-order valence-electron chi connectivity index (χ2n) is 7.73. The smallest absolute Gasteiger partial charge is 0.394 e. The van der Waals surface area contributed by atoms with E-state index in [1.54, 1.807) is 0 Å². The van der Waals surface area contributed by atoms with E-state index in [2.05, 4.69) is 24.7 Å². The highest BCUT2D eigenvalue weighted by molar-refractivity contribution is 6.76. The minimum Gasteiger partial charge on any atom is -0.394 e. The number of hydrogen-bond acceptors (Lipinski definition) is 5. The molecule has 1 aliphatic heterocycles. The van der Waals surface area contributed by atoms with Crippen LogP contribution in [0.1, 0.15) is 18.4 Å². The van der Waals surface area contributed by atoms with Crippen molar-refractivity contribution in [2.75, 3.05) is 24.7 Å². The first kappa shape index (κ1) is 20.9. The number of hydrogen-bond donors (Lipinski definition) is 1. The third kappa shape index (κ3) is 5.07. The highest BCUT2D eigenvalue weighted by Crippen LogP contribution is 2.36. The van der Waals surface area contributed by atoms with Crippen molar-refractivity contribution in [3.8, 4) is 0 Å². The molecule has 6 nitrogen and oxygen atoms in total. The lowest BCUT2D eigenvalue weighted by molar-refractivity contribution is -0.138. The first-order valence-electron chi connectivity index (χ1n) is 8.67. The highest BCUT2D eigenvalue weighted by Gasteiger charge is 2.41. The lowest BCUT2D eigenvalue weighted by Crippen LogP contribution is -2.39. The number of ether oxygens (including phenoxy) is 1. The van der Waals surface area contributed by atoms with Crippen molar-refractivity contribution in [1.29, 1.82) is 0 Å². The molecule has 1 N–H and O–H groups in total. The van der Waals surface area contributed by atoms with Crippen molar-refractivity contribution in [2.24, 2.45) is 0 Å². The summed E-state index contributed by atoms with van der Waals surface area (Å²) in [6, 6.07) is 0.416. The molecule has 0 amide bonds. The number of alkyl halides is 3. The van der Waals surface area contributed by atoms with Gasteiger partial charge in [-0.3, -0.25) is 4.79 Å². The summed E-state index contributed by atoms with van der Waals surface area (Å²) in [5.41, 5.74) is -2.73. The van der Waals surface area contributed by atoms with E-state index in [0.717, 1.165) is 12.2 Å². The molecule has 0 bridgehead atoms. The first-order chi connectivity index (χ1) is 12.0. The first-order valence-corrected chi connectivity index (χ1v) is 12.4. The van der Waals surface area contributed by atoms with E-state index in [1.165, 1.54) is 4.90 Å². The molecule has 1 aliphatic rings. The normalized spacial score (nSPS) is 18.6. The van der Waals surface area contributed by atoms with Crippen molar-refractivity contribution in [1.82, 2.24) is 9.78 Å². The molecule has 1 fully saturated rings. The fourth-order valence-electron chi connectivity index (χ4n) is 2.93. The summed E-state index contributed by atoms with van der Waals surface area (Å²) in [5, 5.41) is 13.2. The Hall–Kier alpha value is -1.39. The van der Waals surface area contributed by atoms with Gasteiger partial charge >= 0.3 is 6.18 Å². The van der Waals surface area contributed by atoms with Gasteiger partial charge in [-0.05, 0) is 18.9 Å². The van der Waals surface area contributed by atoms with E-state index in [-0.39, 0.29) is 19.0 Å². The average molecular weight is 393 g/mol. The minimum absolute atomic E-state index is 0.264. The Morgan fingerprint density at radius 1 is 1.38 bits per heavy atom. The lowest BCUT2D eigenvalue weighted by atomic mass is 10.2. The van der Waals surface area contributed by atoms with Crippen LogP contribution in [0.15, 0.2) is 11.0 Å². The predicted octanol–water partition coefficient (Wildman–Crippen LogP) is 2.54. The molecule has 10 heteroatoms. The maximum absolute atomic E-state index is 13.6. The summed E-state index contributed by atoms with van der Waals surface area (Å²) in [6.45, 7) is 6.63. The van der Waals surface area contributed by atoms with Gasteiger partial charge in [0, 0.05) is 21.2 Å². The Bertz CT molecular complexity index is 673. The van der Waals surface area contributed by atoms with Crippen LogP contribution in [0.25, 0.3) is 0 Å². The Balaban J connectivity index is 2.27. The zero-order valence-corrected chi connectivity index (χ0v) is 16.3. The third-order valence-electron chi connectivity index (χ3n) is 4.41. The van der Waals surface area contributed by atoms with Crippen LogP contribution in [0.3, 0.4) is 0 Å². The van der Waals surface area contributed by atoms with Crippen LogP contribution in [0.4, 0.5) is 18.9 Å². The number of rotatable bonds is 7. The molecule has 0 saturated carbocycles. The van der Waals surface area contributed by atoms with Crippen molar-refractivity contribution in [3.05, 3.63) is 22.1 Å². The van der Waals surface area contributed by atoms with Gasteiger partial charge in [0.25, 0.3) is 5.56 Å². The Morgan fingerprint density at radius 2 is 2.08 bits per heavy atom. The number of aliphatic hydroxyl groups excluding tert-OH is 1. The van der Waals surface area contributed by atoms with Gasteiger partial charge in [-0.15, -0.1) is 0 Å². The van der Waals surface area contributed by atoms with Gasteiger partial charge in [0.2, 0.25) is 0 Å². The summed E-state index contributed by atoms with van der Waals surface area (Å²) in [5.74, 6) is 0. The van der Waals surface area contributed by atoms with Crippen LogP contribution in [0.5, 0.6) is 0 Å². The number of aromatic nitrogens is 2. The average Bonchev–Trinajstić information content (AvgIpc) is 2.98. The Kier molecular flexibility index (Phi) is 6.51. The SMILES string of the molecule is C[Si](C)(C)CCOCn1ncc(N2CCCC2CO)c(C(F)(F)F)c1=O. The molecule has 1 aromatic heterocycles. The molecular weight excluding hydrogens is 367 g/mol. The van der Waals surface area contributed by atoms with Crippen LogP contribution in [-0.2, 0) is 17.6 Å². The third-order valence-corrected chi connectivity index (χ3v) is 6.12. The van der Waals surface area contributed by atoms with Gasteiger partial charge in [0.15, 0.2) is 0 Å². The van der Waals surface area contributed by atoms with Crippen molar-refractivity contribution >= 4 is 13.8 Å². The number of anilines is 1. The van der Waals surface area contributed by atoms with Crippen LogP contribution >= 0.6 is 0 Å². The van der Waals surface area contributed by atoms with Gasteiger partial charge in [0.05, 0.1) is 24.5 Å². The van der Waals surface area contributed by atoms with Gasteiger partial charge in [-0.2, -0.15) is 18.3 Å². The van der Waals surface area contributed by atoms with Crippen LogP contribution < -0.4 is 10.5 Å². The standard InChI is InChI=1S/C16H26F3N3O3Si/c1-26(2,3)8-7-25-11-22-15(24)14(16(17,18)19)13(9-20-22)21-6-4-5-12(21)10-23/h9,12,23H,4-8,10-11H2,1-3H3. The molecule has 0 aliphatic carbocycles. The maximum atomic E-state index is 13.6. The number of nitrogens with zero attached hydrogens (tertiary/aromatic N) is 3. The van der Waals surface area contributed by atoms with E-state index in [9.17, 15) is 23.1 Å². The van der Waals surface area contributed by atoms with E-state index in [0.29, 0.717) is 30.7 Å². The van der Waals surface area contributed by atoms with Crippen molar-refractivity contribution < 1.29 is 23.0 Å². The summed E-state index contributed by atoms with van der Waals surface area (Å²) in [7, 11) is -1.33. The predicted molar refractivity (Wildman–Crippen MR) is 95.1 cm³/mol. The summed E-state index contributed by atoms with van der Waals surface area (Å²) >= 11 is 0. The molecule has 1 unspecified atom stereocenters. The maximum Gasteiger partial charge on any atom is 0.423 e. The summed E-state index contributed by atoms with van der Waals surface area (Å²) in [4.78, 5) is 13.8. The Labute approximate surface area is 151 Å². The quantitative estimate of drug-likeness (QED) is 0.570. The second-order valence-corrected chi connectivity index (χ2v) is 13.3. The fraction of sp³-hybridized carbons (Fsp3) is 0.750. The minimum atomic E-state index is -4.81. The zero-order valence-electron chi connectivity index (χ0n) is 15.3. The van der Waals surface area contributed by atoms with Crippen molar-refractivity contribution in [2.45, 2.75) is 57.5 Å². The molecule has 1 atom stereocenters. The molecule has 0 aromatic carbocycles. The van der Waals surface area contributed by atoms with Gasteiger partial charge in [-0.25, -0.2) is 4.68 Å². The van der Waals surface area contributed by atoms with E-state index < -0.39 is 31.4 Å². The van der Waals surface area contributed by atoms with Crippen LogP contribution in [-0.4, -0.2) is 48.8 Å². The molecule has 2 heterocycles. The monoisotopic (exact) mass is 393 g/mol. The summed E-state index contributed by atoms with van der Waals surface area (Å²) in [6.07, 6.45) is -2.51. The van der Waals surface area contributed by atoms with E-state index in [4.69, 9.17) is 4.74 Å². The molecule has 2 rings (SSSR count). The zero-order chi connectivity index (χ0) is 19.5. The van der Waals surface area contributed by atoms with E-state index >= 15 is 0 Å². The van der Waals surface area contributed by atoms with Gasteiger partial charge < -0.3 is 14.7 Å². The number of aliphatic hydroxyl groups is 1. The van der Waals surface area contributed by atoms with Gasteiger partial charge in [0.1, 0.15) is 12.3 Å². The van der Waals surface area contributed by atoms with Gasteiger partial charge in [-0.1, -0.05) is 19.6 Å². The van der Waals surface area contributed by atoms with Crippen molar-refractivity contribution in [3.63, 3.8) is 0 Å². The lowest BCUT2D eigenvalue weighted by Gasteiger charge is -2.27. The molecule has 1 aromatic rings. The molecular formula is C16H26F3N3O3Si. The second kappa shape index (κ2) is 8.09. The topological polar surface area (TPSA) is 67.6 Å².